The maximum absolute atomic E-state index is 12.4. The number of benzene rings is 1. The van der Waals surface area contributed by atoms with Gasteiger partial charge in [0.2, 0.25) is 11.8 Å². The number of nitrogens with one attached hydrogen (secondary N) is 1. The summed E-state index contributed by atoms with van der Waals surface area (Å²) >= 11 is 0. The molecular weight excluding hydrogens is 302 g/mol. The van der Waals surface area contributed by atoms with Gasteiger partial charge >= 0.3 is 0 Å². The first-order valence-electron chi connectivity index (χ1n) is 7.93. The van der Waals surface area contributed by atoms with Gasteiger partial charge in [0.15, 0.2) is 0 Å². The molecule has 1 aromatic rings. The standard InChI is InChI=1S/C19H25N3O2/c1-15(23)21-17-9-6-16(7-10-17)8-11-18(24)22(13-5-12-20)14-19(2,3)4/h6-11H,5,13-14H2,1-4H3,(H,21,23). The fourth-order valence-electron chi connectivity index (χ4n) is 2.18. The van der Waals surface area contributed by atoms with Crippen molar-refractivity contribution in [2.24, 2.45) is 5.41 Å². The molecule has 0 bridgehead atoms. The van der Waals surface area contributed by atoms with E-state index < -0.39 is 0 Å². The highest BCUT2D eigenvalue weighted by atomic mass is 16.2. The molecule has 5 heteroatoms. The summed E-state index contributed by atoms with van der Waals surface area (Å²) < 4.78 is 0. The Hall–Kier alpha value is -2.61. The van der Waals surface area contributed by atoms with Crippen LogP contribution in [0.2, 0.25) is 0 Å². The van der Waals surface area contributed by atoms with E-state index in [4.69, 9.17) is 5.26 Å². The first kappa shape index (κ1) is 19.4. The Bertz CT molecular complexity index is 634. The van der Waals surface area contributed by atoms with Gasteiger partial charge in [-0.25, -0.2) is 0 Å². The lowest BCUT2D eigenvalue weighted by Crippen LogP contribution is -2.37. The van der Waals surface area contributed by atoms with Crippen LogP contribution in [-0.2, 0) is 9.59 Å². The van der Waals surface area contributed by atoms with Crippen LogP contribution in [0, 0.1) is 16.7 Å². The Morgan fingerprint density at radius 3 is 2.38 bits per heavy atom. The Kier molecular flexibility index (Phi) is 7.19. The average molecular weight is 327 g/mol. The number of amides is 2. The number of hydrogen-bond acceptors (Lipinski definition) is 3. The second kappa shape index (κ2) is 8.88. The van der Waals surface area contributed by atoms with E-state index >= 15 is 0 Å². The molecule has 128 valence electrons. The highest BCUT2D eigenvalue weighted by Gasteiger charge is 2.19. The van der Waals surface area contributed by atoms with Crippen molar-refractivity contribution in [2.75, 3.05) is 18.4 Å². The van der Waals surface area contributed by atoms with E-state index in [9.17, 15) is 9.59 Å². The molecule has 1 aromatic carbocycles. The van der Waals surface area contributed by atoms with Crippen LogP contribution in [0.25, 0.3) is 6.08 Å². The van der Waals surface area contributed by atoms with Crippen molar-refractivity contribution >= 4 is 23.6 Å². The van der Waals surface area contributed by atoms with Gasteiger partial charge in [-0.3, -0.25) is 9.59 Å². The molecule has 0 aromatic heterocycles. The lowest BCUT2D eigenvalue weighted by molar-refractivity contribution is -0.127. The van der Waals surface area contributed by atoms with Crippen LogP contribution in [0.1, 0.15) is 39.7 Å². The minimum absolute atomic E-state index is 0.0288. The van der Waals surface area contributed by atoms with Gasteiger partial charge in [-0.1, -0.05) is 32.9 Å². The van der Waals surface area contributed by atoms with Crippen LogP contribution >= 0.6 is 0 Å². The van der Waals surface area contributed by atoms with E-state index in [1.807, 2.05) is 12.1 Å². The molecule has 0 unspecified atom stereocenters. The van der Waals surface area contributed by atoms with E-state index in [0.29, 0.717) is 25.2 Å². The number of nitriles is 1. The number of hydrogen-bond donors (Lipinski definition) is 1. The molecule has 0 radical (unpaired) electrons. The summed E-state index contributed by atoms with van der Waals surface area (Å²) in [4.78, 5) is 25.1. The summed E-state index contributed by atoms with van der Waals surface area (Å²) in [5.74, 6) is -0.227. The number of carbonyl (C=O) groups excluding carboxylic acids is 2. The van der Waals surface area contributed by atoms with Crippen LogP contribution < -0.4 is 5.32 Å². The van der Waals surface area contributed by atoms with E-state index in [0.717, 1.165) is 5.56 Å². The molecule has 0 aliphatic carbocycles. The van der Waals surface area contributed by atoms with E-state index in [1.165, 1.54) is 13.0 Å². The van der Waals surface area contributed by atoms with Crippen molar-refractivity contribution in [2.45, 2.75) is 34.1 Å². The first-order valence-corrected chi connectivity index (χ1v) is 7.93. The third kappa shape index (κ3) is 7.59. The lowest BCUT2D eigenvalue weighted by Gasteiger charge is -2.28. The Balaban J connectivity index is 2.76. The number of rotatable bonds is 6. The molecule has 0 heterocycles. The van der Waals surface area contributed by atoms with Gasteiger partial charge in [0.1, 0.15) is 0 Å². The minimum atomic E-state index is -0.121. The highest BCUT2D eigenvalue weighted by Crippen LogP contribution is 2.16. The molecule has 2 amide bonds. The third-order valence-electron chi connectivity index (χ3n) is 3.12. The molecule has 0 aliphatic rings. The molecule has 0 fully saturated rings. The van der Waals surface area contributed by atoms with Gasteiger partial charge in [0.25, 0.3) is 0 Å². The van der Waals surface area contributed by atoms with Crippen LogP contribution in [0.5, 0.6) is 0 Å². The molecule has 24 heavy (non-hydrogen) atoms. The molecule has 0 aliphatic heterocycles. The summed E-state index contributed by atoms with van der Waals surface area (Å²) in [6.07, 6.45) is 3.58. The second-order valence-electron chi connectivity index (χ2n) is 6.87. The molecule has 1 N–H and O–H groups in total. The van der Waals surface area contributed by atoms with Crippen LogP contribution in [0.15, 0.2) is 30.3 Å². The summed E-state index contributed by atoms with van der Waals surface area (Å²) in [6.45, 7) is 8.66. The smallest absolute Gasteiger partial charge is 0.246 e. The van der Waals surface area contributed by atoms with Crippen LogP contribution in [0.3, 0.4) is 0 Å². The Morgan fingerprint density at radius 2 is 1.88 bits per heavy atom. The predicted octanol–water partition coefficient (Wildman–Crippen LogP) is 3.45. The topological polar surface area (TPSA) is 73.2 Å². The lowest BCUT2D eigenvalue weighted by atomic mass is 9.96. The van der Waals surface area contributed by atoms with Crippen molar-refractivity contribution in [3.8, 4) is 6.07 Å². The summed E-state index contributed by atoms with van der Waals surface area (Å²) in [5, 5.41) is 11.5. The first-order chi connectivity index (χ1) is 11.2. The van der Waals surface area contributed by atoms with E-state index in [2.05, 4.69) is 32.2 Å². The number of carbonyl (C=O) groups is 2. The highest BCUT2D eigenvalue weighted by molar-refractivity contribution is 5.92. The summed E-state index contributed by atoms with van der Waals surface area (Å²) in [7, 11) is 0. The molecule has 0 atom stereocenters. The number of anilines is 1. The Labute approximate surface area is 144 Å². The molecule has 1 rings (SSSR count). The van der Waals surface area contributed by atoms with Crippen molar-refractivity contribution in [1.29, 1.82) is 5.26 Å². The summed E-state index contributed by atoms with van der Waals surface area (Å²) in [6, 6.07) is 9.32. The molecule has 5 nitrogen and oxygen atoms in total. The van der Waals surface area contributed by atoms with Crippen molar-refractivity contribution in [1.82, 2.24) is 4.90 Å². The zero-order valence-electron chi connectivity index (χ0n) is 14.8. The molecule has 0 saturated heterocycles. The second-order valence-corrected chi connectivity index (χ2v) is 6.87. The number of nitrogens with zero attached hydrogens (tertiary/aromatic N) is 2. The van der Waals surface area contributed by atoms with Gasteiger partial charge in [-0.15, -0.1) is 0 Å². The largest absolute Gasteiger partial charge is 0.338 e. The van der Waals surface area contributed by atoms with Crippen LogP contribution in [-0.4, -0.2) is 29.8 Å². The van der Waals surface area contributed by atoms with Gasteiger partial charge in [0, 0.05) is 31.8 Å². The zero-order valence-corrected chi connectivity index (χ0v) is 14.8. The van der Waals surface area contributed by atoms with Crippen molar-refractivity contribution < 1.29 is 9.59 Å². The van der Waals surface area contributed by atoms with Gasteiger partial charge in [-0.05, 0) is 29.2 Å². The molecule has 0 spiro atoms. The monoisotopic (exact) mass is 327 g/mol. The Morgan fingerprint density at radius 1 is 1.25 bits per heavy atom. The normalized spacial score (nSPS) is 11.1. The predicted molar refractivity (Wildman–Crippen MR) is 96.0 cm³/mol. The van der Waals surface area contributed by atoms with Crippen molar-refractivity contribution in [3.05, 3.63) is 35.9 Å². The molecule has 0 saturated carbocycles. The average Bonchev–Trinajstić information content (AvgIpc) is 2.48. The minimum Gasteiger partial charge on any atom is -0.338 e. The fraction of sp³-hybridized carbons (Fsp3) is 0.421. The third-order valence-corrected chi connectivity index (χ3v) is 3.12. The van der Waals surface area contributed by atoms with Crippen molar-refractivity contribution in [3.63, 3.8) is 0 Å². The summed E-state index contributed by atoms with van der Waals surface area (Å²) in [5.41, 5.74) is 1.56. The quantitative estimate of drug-likeness (QED) is 0.813. The van der Waals surface area contributed by atoms with Gasteiger partial charge in [0.05, 0.1) is 12.5 Å². The maximum Gasteiger partial charge on any atom is 0.246 e. The zero-order chi connectivity index (χ0) is 18.2. The maximum atomic E-state index is 12.4. The van der Waals surface area contributed by atoms with Gasteiger partial charge in [-0.2, -0.15) is 5.26 Å². The van der Waals surface area contributed by atoms with Crippen LogP contribution in [0.4, 0.5) is 5.69 Å². The van der Waals surface area contributed by atoms with Gasteiger partial charge < -0.3 is 10.2 Å². The SMILES string of the molecule is CC(=O)Nc1ccc(C=CC(=O)N(CCC#N)CC(C)(C)C)cc1. The van der Waals surface area contributed by atoms with E-state index in [1.54, 1.807) is 23.1 Å². The van der Waals surface area contributed by atoms with E-state index in [-0.39, 0.29) is 17.2 Å². The fourth-order valence-corrected chi connectivity index (χ4v) is 2.18. The molecular formula is C19H25N3O2.